The van der Waals surface area contributed by atoms with Crippen LogP contribution < -0.4 is 0 Å². The third kappa shape index (κ3) is 6.10. The van der Waals surface area contributed by atoms with Crippen molar-refractivity contribution in [3.8, 4) is 0 Å². The van der Waals surface area contributed by atoms with Crippen molar-refractivity contribution in [2.24, 2.45) is 23.7 Å². The second-order valence-electron chi connectivity index (χ2n) is 9.22. The van der Waals surface area contributed by atoms with Crippen LogP contribution in [-0.4, -0.2) is 0 Å². The van der Waals surface area contributed by atoms with Crippen LogP contribution in [0.25, 0.3) is 0 Å². The molecule has 2 saturated carbocycles. The van der Waals surface area contributed by atoms with Crippen LogP contribution in [-0.2, 0) is 6.42 Å². The van der Waals surface area contributed by atoms with Crippen molar-refractivity contribution in [1.29, 1.82) is 0 Å². The molecule has 0 unspecified atom stereocenters. The van der Waals surface area contributed by atoms with Gasteiger partial charge in [-0.3, -0.25) is 0 Å². The highest BCUT2D eigenvalue weighted by Gasteiger charge is 2.30. The normalized spacial score (nSPS) is 29.6. The van der Waals surface area contributed by atoms with Crippen molar-refractivity contribution in [2.75, 3.05) is 0 Å². The van der Waals surface area contributed by atoms with Gasteiger partial charge in [-0.15, -0.1) is 0 Å². The fourth-order valence-corrected chi connectivity index (χ4v) is 5.60. The molecule has 1 aromatic rings. The maximum Gasteiger partial charge on any atom is 0.123 e. The van der Waals surface area contributed by atoms with Crippen LogP contribution >= 0.6 is 0 Å². The molecule has 0 aromatic heterocycles. The Balaban J connectivity index is 1.32. The lowest BCUT2D eigenvalue weighted by molar-refractivity contribution is 0.140. The summed E-state index contributed by atoms with van der Waals surface area (Å²) < 4.78 is 13.0. The minimum absolute atomic E-state index is 0.116. The summed E-state index contributed by atoms with van der Waals surface area (Å²) >= 11 is 0. The van der Waals surface area contributed by atoms with E-state index in [2.05, 4.69) is 6.92 Å². The Labute approximate surface area is 161 Å². The molecule has 1 aromatic carbocycles. The van der Waals surface area contributed by atoms with E-state index in [0.29, 0.717) is 0 Å². The summed E-state index contributed by atoms with van der Waals surface area (Å²) in [5, 5.41) is 0. The average Bonchev–Trinajstić information content (AvgIpc) is 2.69. The largest absolute Gasteiger partial charge is 0.207 e. The second-order valence-corrected chi connectivity index (χ2v) is 9.22. The predicted molar refractivity (Wildman–Crippen MR) is 110 cm³/mol. The van der Waals surface area contributed by atoms with E-state index in [1.165, 1.54) is 89.0 Å². The van der Waals surface area contributed by atoms with Gasteiger partial charge < -0.3 is 0 Å². The quantitative estimate of drug-likeness (QED) is 0.413. The van der Waals surface area contributed by atoms with E-state index in [-0.39, 0.29) is 5.82 Å². The molecule has 0 aliphatic heterocycles. The first-order valence-electron chi connectivity index (χ1n) is 11.5. The molecule has 0 saturated heterocycles. The summed E-state index contributed by atoms with van der Waals surface area (Å²) in [5.74, 6) is 3.89. The Hall–Kier alpha value is -0.850. The van der Waals surface area contributed by atoms with E-state index in [0.717, 1.165) is 30.1 Å². The molecule has 0 N–H and O–H groups in total. The molecule has 3 rings (SSSR count). The van der Waals surface area contributed by atoms with Crippen LogP contribution in [0.2, 0.25) is 0 Å². The van der Waals surface area contributed by atoms with E-state index in [4.69, 9.17) is 0 Å². The van der Waals surface area contributed by atoms with Crippen molar-refractivity contribution in [3.63, 3.8) is 0 Å². The summed E-state index contributed by atoms with van der Waals surface area (Å²) in [6.07, 6.45) is 20.0. The molecule has 146 valence electrons. The highest BCUT2D eigenvalue weighted by molar-refractivity contribution is 5.16. The zero-order chi connectivity index (χ0) is 18.2. The minimum Gasteiger partial charge on any atom is -0.207 e. The van der Waals surface area contributed by atoms with Crippen molar-refractivity contribution >= 4 is 0 Å². The molecule has 1 heteroatoms. The van der Waals surface area contributed by atoms with E-state index >= 15 is 0 Å². The van der Waals surface area contributed by atoms with Crippen LogP contribution in [0.3, 0.4) is 0 Å². The molecule has 2 aliphatic rings. The minimum atomic E-state index is -0.116. The van der Waals surface area contributed by atoms with E-state index in [9.17, 15) is 4.39 Å². The average molecular weight is 359 g/mol. The lowest BCUT2D eigenvalue weighted by atomic mass is 9.68. The lowest BCUT2D eigenvalue weighted by Gasteiger charge is -2.38. The summed E-state index contributed by atoms with van der Waals surface area (Å²) in [4.78, 5) is 0. The first kappa shape index (κ1) is 19.9. The van der Waals surface area contributed by atoms with Gasteiger partial charge >= 0.3 is 0 Å². The van der Waals surface area contributed by atoms with Gasteiger partial charge in [0.2, 0.25) is 0 Å². The van der Waals surface area contributed by atoms with Crippen molar-refractivity contribution in [1.82, 2.24) is 0 Å². The molecule has 2 fully saturated rings. The molecule has 0 atom stereocenters. The molecule has 0 bridgehead atoms. The number of halogens is 1. The molecule has 0 radical (unpaired) electrons. The fraction of sp³-hybridized carbons (Fsp3) is 0.760. The monoisotopic (exact) mass is 358 g/mol. The highest BCUT2D eigenvalue weighted by Crippen LogP contribution is 2.43. The number of rotatable bonds is 8. The zero-order valence-electron chi connectivity index (χ0n) is 16.9. The van der Waals surface area contributed by atoms with Gasteiger partial charge in [-0.1, -0.05) is 70.4 Å². The number of hydrogen-bond donors (Lipinski definition) is 0. The number of hydrogen-bond acceptors (Lipinski definition) is 0. The van der Waals surface area contributed by atoms with Gasteiger partial charge in [-0.2, -0.15) is 0 Å². The van der Waals surface area contributed by atoms with Crippen molar-refractivity contribution < 1.29 is 4.39 Å². The molecular formula is C25H39F. The molecule has 0 spiro atoms. The fourth-order valence-electron chi connectivity index (χ4n) is 5.60. The topological polar surface area (TPSA) is 0 Å². The molecule has 0 nitrogen and oxygen atoms in total. The van der Waals surface area contributed by atoms with Gasteiger partial charge in [0.1, 0.15) is 5.82 Å². The molecule has 26 heavy (non-hydrogen) atoms. The smallest absolute Gasteiger partial charge is 0.123 e. The van der Waals surface area contributed by atoms with Gasteiger partial charge in [-0.25, -0.2) is 4.39 Å². The number of aryl methyl sites for hydroxylation is 1. The van der Waals surface area contributed by atoms with Crippen molar-refractivity contribution in [2.45, 2.75) is 96.8 Å². The van der Waals surface area contributed by atoms with Crippen molar-refractivity contribution in [3.05, 3.63) is 35.6 Å². The first-order chi connectivity index (χ1) is 12.7. The molecular weight excluding hydrogens is 319 g/mol. The van der Waals surface area contributed by atoms with E-state index < -0.39 is 0 Å². The summed E-state index contributed by atoms with van der Waals surface area (Å²) in [7, 11) is 0. The Morgan fingerprint density at radius 2 is 1.27 bits per heavy atom. The maximum absolute atomic E-state index is 13.0. The van der Waals surface area contributed by atoms with Crippen LogP contribution in [0.15, 0.2) is 24.3 Å². The summed E-state index contributed by atoms with van der Waals surface area (Å²) in [5.41, 5.74) is 1.30. The maximum atomic E-state index is 13.0. The Morgan fingerprint density at radius 1 is 0.731 bits per heavy atom. The Bertz CT molecular complexity index is 489. The van der Waals surface area contributed by atoms with Gasteiger partial charge in [0.25, 0.3) is 0 Å². The molecule has 0 amide bonds. The number of unbranched alkanes of at least 4 members (excludes halogenated alkanes) is 2. The third-order valence-corrected chi connectivity index (χ3v) is 7.42. The van der Waals surface area contributed by atoms with Gasteiger partial charge in [-0.05, 0) is 79.9 Å². The number of benzene rings is 1. The van der Waals surface area contributed by atoms with Gasteiger partial charge in [0, 0.05) is 0 Å². The van der Waals surface area contributed by atoms with Crippen LogP contribution in [0, 0.1) is 29.5 Å². The highest BCUT2D eigenvalue weighted by atomic mass is 19.1. The standard InChI is InChI=1S/C25H39F/c1-2-3-4-5-20-8-14-23(15-9-20)24-16-10-21(11-17-24)6-7-22-12-18-25(26)19-13-22/h12-13,18-21,23-24H,2-11,14-17H2,1H3. The lowest BCUT2D eigenvalue weighted by Crippen LogP contribution is -2.26. The first-order valence-corrected chi connectivity index (χ1v) is 11.5. The SMILES string of the molecule is CCCCCC1CCC(C2CCC(CCc3ccc(F)cc3)CC2)CC1. The van der Waals surface area contributed by atoms with Gasteiger partial charge in [0.15, 0.2) is 0 Å². The predicted octanol–water partition coefficient (Wildman–Crippen LogP) is 7.95. The molecule has 0 heterocycles. The summed E-state index contributed by atoms with van der Waals surface area (Å²) in [6.45, 7) is 2.31. The Morgan fingerprint density at radius 3 is 1.81 bits per heavy atom. The Kier molecular flexibility index (Phi) is 8.02. The van der Waals surface area contributed by atoms with E-state index in [1.807, 2.05) is 12.1 Å². The van der Waals surface area contributed by atoms with Crippen LogP contribution in [0.5, 0.6) is 0 Å². The zero-order valence-corrected chi connectivity index (χ0v) is 16.9. The molecule has 2 aliphatic carbocycles. The van der Waals surface area contributed by atoms with Gasteiger partial charge in [0.05, 0.1) is 0 Å². The second kappa shape index (κ2) is 10.5. The van der Waals surface area contributed by atoms with E-state index in [1.54, 1.807) is 12.1 Å². The van der Waals surface area contributed by atoms with Crippen LogP contribution in [0.4, 0.5) is 4.39 Å². The third-order valence-electron chi connectivity index (χ3n) is 7.42. The summed E-state index contributed by atoms with van der Waals surface area (Å²) in [6, 6.07) is 7.12. The van der Waals surface area contributed by atoms with Crippen LogP contribution in [0.1, 0.15) is 96.0 Å².